The second-order valence-corrected chi connectivity index (χ2v) is 8.54. The Hall–Kier alpha value is -2.24. The van der Waals surface area contributed by atoms with Crippen LogP contribution in [0, 0.1) is 22.2 Å². The van der Waals surface area contributed by atoms with Gasteiger partial charge in [-0.3, -0.25) is 20.2 Å². The Bertz CT molecular complexity index is 1020. The van der Waals surface area contributed by atoms with Crippen molar-refractivity contribution in [3.8, 4) is 0 Å². The first kappa shape index (κ1) is 18.1. The first-order chi connectivity index (χ1) is 12.9. The number of nitrogens with zero attached hydrogens (tertiary/aromatic N) is 3. The van der Waals surface area contributed by atoms with Crippen LogP contribution in [0.1, 0.15) is 70.8 Å². The van der Waals surface area contributed by atoms with Crippen LogP contribution in [0.2, 0.25) is 0 Å². The van der Waals surface area contributed by atoms with E-state index in [0.29, 0.717) is 29.9 Å². The van der Waals surface area contributed by atoms with Gasteiger partial charge < -0.3 is 4.57 Å². The van der Waals surface area contributed by atoms with Gasteiger partial charge in [0.05, 0.1) is 5.52 Å². The van der Waals surface area contributed by atoms with Crippen LogP contribution in [-0.4, -0.2) is 20.0 Å². The van der Waals surface area contributed by atoms with Gasteiger partial charge in [0.2, 0.25) is 0 Å². The molecule has 27 heavy (non-hydrogen) atoms. The van der Waals surface area contributed by atoms with Crippen LogP contribution in [0.15, 0.2) is 17.1 Å². The largest absolute Gasteiger partial charge is 0.302 e. The molecule has 6 nitrogen and oxygen atoms in total. The predicted octanol–water partition coefficient (Wildman–Crippen LogP) is 3.62. The van der Waals surface area contributed by atoms with Gasteiger partial charge in [0, 0.05) is 18.2 Å². The average molecular weight is 367 g/mol. The highest BCUT2D eigenvalue weighted by atomic mass is 16.1. The summed E-state index contributed by atoms with van der Waals surface area (Å²) >= 11 is 0. The number of aryl methyl sites for hydroxylation is 1. The molecule has 2 heterocycles. The van der Waals surface area contributed by atoms with E-state index >= 15 is 0 Å². The summed E-state index contributed by atoms with van der Waals surface area (Å²) in [6.07, 6.45) is 8.00. The molecule has 0 unspecified atom stereocenters. The van der Waals surface area contributed by atoms with Crippen LogP contribution in [0.4, 0.5) is 0 Å². The van der Waals surface area contributed by atoms with Crippen molar-refractivity contribution in [3.63, 3.8) is 0 Å². The molecule has 0 saturated heterocycles. The van der Waals surface area contributed by atoms with E-state index < -0.39 is 0 Å². The molecule has 0 bridgehead atoms. The van der Waals surface area contributed by atoms with Crippen molar-refractivity contribution in [3.05, 3.63) is 33.7 Å². The molecule has 2 aliphatic carbocycles. The lowest BCUT2D eigenvalue weighted by molar-refractivity contribution is 0.568. The number of fused-ring (bicyclic) bond motifs is 1. The van der Waals surface area contributed by atoms with Gasteiger partial charge in [0.25, 0.3) is 5.56 Å². The molecular formula is C21H29N5O. The van der Waals surface area contributed by atoms with Crippen LogP contribution in [0.25, 0.3) is 11.2 Å². The van der Waals surface area contributed by atoms with Crippen molar-refractivity contribution in [1.29, 1.82) is 10.8 Å². The van der Waals surface area contributed by atoms with Gasteiger partial charge in [-0.1, -0.05) is 27.2 Å². The summed E-state index contributed by atoms with van der Waals surface area (Å²) in [4.78, 5) is 17.7. The zero-order valence-corrected chi connectivity index (χ0v) is 16.5. The van der Waals surface area contributed by atoms with Crippen molar-refractivity contribution < 1.29 is 0 Å². The van der Waals surface area contributed by atoms with Gasteiger partial charge in [0.15, 0.2) is 11.1 Å². The van der Waals surface area contributed by atoms with Gasteiger partial charge in [-0.2, -0.15) is 0 Å². The third-order valence-electron chi connectivity index (χ3n) is 6.29. The lowest BCUT2D eigenvalue weighted by Gasteiger charge is -2.22. The molecule has 6 heteroatoms. The minimum Gasteiger partial charge on any atom is -0.302 e. The number of unbranched alkanes of at least 4 members (excludes halogenated alkanes) is 1. The Balaban J connectivity index is 1.96. The summed E-state index contributed by atoms with van der Waals surface area (Å²) in [5, 5.41) is 17.4. The summed E-state index contributed by atoms with van der Waals surface area (Å²) in [5.41, 5.74) is 1.85. The lowest BCUT2D eigenvalue weighted by Crippen LogP contribution is -2.46. The fraction of sp³-hybridized carbons (Fsp3) is 0.619. The van der Waals surface area contributed by atoms with Gasteiger partial charge in [-0.15, -0.1) is 0 Å². The maximum Gasteiger partial charge on any atom is 0.294 e. The van der Waals surface area contributed by atoms with E-state index in [1.54, 1.807) is 4.57 Å². The van der Waals surface area contributed by atoms with Crippen molar-refractivity contribution >= 4 is 17.0 Å². The molecule has 144 valence electrons. The van der Waals surface area contributed by atoms with Crippen molar-refractivity contribution in [2.24, 2.45) is 11.3 Å². The third-order valence-corrected chi connectivity index (χ3v) is 6.29. The number of pyridine rings is 1. The van der Waals surface area contributed by atoms with Crippen LogP contribution < -0.4 is 11.0 Å². The Morgan fingerprint density at radius 3 is 2.63 bits per heavy atom. The number of aromatic nitrogens is 3. The molecular weight excluding hydrogens is 338 g/mol. The normalized spacial score (nSPS) is 18.2. The molecule has 2 aromatic heterocycles. The van der Waals surface area contributed by atoms with Crippen molar-refractivity contribution in [2.45, 2.75) is 71.8 Å². The minimum absolute atomic E-state index is 0.125. The second kappa shape index (κ2) is 6.43. The molecule has 2 N–H and O–H groups in total. The van der Waals surface area contributed by atoms with Gasteiger partial charge in [0.1, 0.15) is 5.84 Å². The van der Waals surface area contributed by atoms with Crippen molar-refractivity contribution in [2.75, 3.05) is 0 Å². The molecule has 2 aromatic rings. The van der Waals surface area contributed by atoms with E-state index in [0.717, 1.165) is 49.6 Å². The summed E-state index contributed by atoms with van der Waals surface area (Å²) in [6.45, 7) is 6.90. The fourth-order valence-corrected chi connectivity index (χ4v) is 4.17. The molecule has 0 atom stereocenters. The molecule has 0 amide bonds. The van der Waals surface area contributed by atoms with E-state index in [9.17, 15) is 4.79 Å². The van der Waals surface area contributed by atoms with Gasteiger partial charge in [-0.25, -0.2) is 4.98 Å². The highest BCUT2D eigenvalue weighted by Crippen LogP contribution is 2.62. The second-order valence-electron chi connectivity index (χ2n) is 8.54. The molecule has 2 fully saturated rings. The molecule has 2 aliphatic rings. The highest BCUT2D eigenvalue weighted by Gasteiger charge is 2.57. The predicted molar refractivity (Wildman–Crippen MR) is 106 cm³/mol. The summed E-state index contributed by atoms with van der Waals surface area (Å²) < 4.78 is 3.23. The van der Waals surface area contributed by atoms with E-state index in [-0.39, 0.29) is 16.5 Å². The zero-order valence-electron chi connectivity index (χ0n) is 16.5. The van der Waals surface area contributed by atoms with Gasteiger partial charge in [-0.05, 0) is 55.6 Å². The van der Waals surface area contributed by atoms with E-state index in [2.05, 4.69) is 25.8 Å². The van der Waals surface area contributed by atoms with E-state index in [1.165, 1.54) is 4.57 Å². The molecule has 0 radical (unpaired) electrons. The van der Waals surface area contributed by atoms with E-state index in [1.807, 2.05) is 12.3 Å². The fourth-order valence-electron chi connectivity index (χ4n) is 4.17. The Morgan fingerprint density at radius 2 is 2.07 bits per heavy atom. The zero-order chi connectivity index (χ0) is 19.3. The first-order valence-electron chi connectivity index (χ1n) is 10.2. The van der Waals surface area contributed by atoms with Crippen molar-refractivity contribution in [1.82, 2.24) is 14.1 Å². The molecule has 0 aromatic carbocycles. The van der Waals surface area contributed by atoms with Crippen LogP contribution in [0.3, 0.4) is 0 Å². The Kier molecular flexibility index (Phi) is 4.32. The Labute approximate surface area is 159 Å². The number of hydrogen-bond acceptors (Lipinski definition) is 4. The SMILES string of the molecule is CCCCn1c(=O)c(=N)n(C(=N)C2(C3CC3)CC2)c2ncc(C(C)C)cc21. The molecule has 0 aliphatic heterocycles. The Morgan fingerprint density at radius 1 is 1.37 bits per heavy atom. The number of nitrogens with one attached hydrogen (secondary N) is 2. The minimum atomic E-state index is -0.310. The molecule has 0 spiro atoms. The third kappa shape index (κ3) is 2.86. The maximum absolute atomic E-state index is 13.1. The molecule has 2 saturated carbocycles. The topological polar surface area (TPSA) is 87.5 Å². The summed E-state index contributed by atoms with van der Waals surface area (Å²) in [6, 6.07) is 2.03. The quantitative estimate of drug-likeness (QED) is 0.603. The lowest BCUT2D eigenvalue weighted by atomic mass is 9.98. The summed E-state index contributed by atoms with van der Waals surface area (Å²) in [7, 11) is 0. The number of hydrogen-bond donors (Lipinski definition) is 2. The van der Waals surface area contributed by atoms with Crippen LogP contribution in [-0.2, 0) is 6.54 Å². The first-order valence-corrected chi connectivity index (χ1v) is 10.2. The monoisotopic (exact) mass is 367 g/mol. The summed E-state index contributed by atoms with van der Waals surface area (Å²) in [5.74, 6) is 1.26. The maximum atomic E-state index is 13.1. The van der Waals surface area contributed by atoms with Crippen LogP contribution in [0.5, 0.6) is 0 Å². The van der Waals surface area contributed by atoms with E-state index in [4.69, 9.17) is 10.8 Å². The standard InChI is InChI=1S/C21H29N5O/c1-4-5-10-25-16-11-14(13(2)3)12-24-18(16)26(17(22)19(25)27)20(23)21(8-9-21)15-6-7-15/h11-13,15,22-23H,4-10H2,1-3H3. The smallest absolute Gasteiger partial charge is 0.294 e. The van der Waals surface area contributed by atoms with Gasteiger partial charge >= 0.3 is 0 Å². The highest BCUT2D eigenvalue weighted by molar-refractivity contribution is 5.95. The number of rotatable bonds is 6. The van der Waals surface area contributed by atoms with Crippen LogP contribution >= 0.6 is 0 Å². The molecule has 4 rings (SSSR count). The average Bonchev–Trinajstić information content (AvgIpc) is 3.54.